The predicted molar refractivity (Wildman–Crippen MR) is 115 cm³/mol. The van der Waals surface area contributed by atoms with Crippen molar-refractivity contribution in [1.29, 1.82) is 5.26 Å². The summed E-state index contributed by atoms with van der Waals surface area (Å²) < 4.78 is 0. The summed E-state index contributed by atoms with van der Waals surface area (Å²) in [6.07, 6.45) is 0.324. The molecule has 0 fully saturated rings. The molecule has 1 amide bonds. The summed E-state index contributed by atoms with van der Waals surface area (Å²) in [6, 6.07) is 10.5. The Bertz CT molecular complexity index is 850. The van der Waals surface area contributed by atoms with E-state index >= 15 is 0 Å². The average Bonchev–Trinajstić information content (AvgIpc) is 2.59. The molecule has 0 aliphatic heterocycles. The summed E-state index contributed by atoms with van der Waals surface area (Å²) in [7, 11) is 0. The summed E-state index contributed by atoms with van der Waals surface area (Å²) in [5, 5.41) is 9.00. The molecule has 0 bridgehead atoms. The molecule has 0 aliphatic carbocycles. The van der Waals surface area contributed by atoms with E-state index < -0.39 is 0 Å². The summed E-state index contributed by atoms with van der Waals surface area (Å²) in [4.78, 5) is 16.0. The van der Waals surface area contributed by atoms with Crippen LogP contribution >= 0.6 is 11.8 Å². The number of benzene rings is 2. The molecule has 0 N–H and O–H groups in total. The zero-order valence-electron chi connectivity index (χ0n) is 17.1. The van der Waals surface area contributed by atoms with Gasteiger partial charge >= 0.3 is 0 Å². The first-order chi connectivity index (χ1) is 12.7. The number of carbonyl (C=O) groups is 1. The molecule has 0 aliphatic rings. The smallest absolute Gasteiger partial charge is 0.237 e. The Balaban J connectivity index is 2.26. The quantitative estimate of drug-likeness (QED) is 0.615. The number of anilines is 1. The van der Waals surface area contributed by atoms with Gasteiger partial charge in [-0.2, -0.15) is 5.26 Å². The summed E-state index contributed by atoms with van der Waals surface area (Å²) in [6.45, 7) is 12.9. The van der Waals surface area contributed by atoms with E-state index in [2.05, 4.69) is 45.9 Å². The molecular formula is C23H28N2OS. The highest BCUT2D eigenvalue weighted by atomic mass is 32.2. The Kier molecular flexibility index (Phi) is 7.10. The van der Waals surface area contributed by atoms with Gasteiger partial charge in [-0.1, -0.05) is 12.1 Å². The van der Waals surface area contributed by atoms with Crippen LogP contribution in [0.15, 0.2) is 29.2 Å². The lowest BCUT2D eigenvalue weighted by Crippen LogP contribution is -2.33. The van der Waals surface area contributed by atoms with Gasteiger partial charge in [-0.05, 0) is 87.1 Å². The van der Waals surface area contributed by atoms with Gasteiger partial charge < -0.3 is 4.90 Å². The molecule has 0 saturated heterocycles. The number of amides is 1. The molecule has 142 valence electrons. The SMILES string of the molecule is Cc1cc(C)cc(N(CCC#N)C(=O)CSc2c(C)c(C)cc(C)c2C)c1. The summed E-state index contributed by atoms with van der Waals surface area (Å²) in [5.41, 5.74) is 8.10. The highest BCUT2D eigenvalue weighted by Crippen LogP contribution is 2.31. The van der Waals surface area contributed by atoms with Crippen LogP contribution in [0.2, 0.25) is 0 Å². The lowest BCUT2D eigenvalue weighted by atomic mass is 10.0. The van der Waals surface area contributed by atoms with Crippen molar-refractivity contribution in [2.45, 2.75) is 52.9 Å². The van der Waals surface area contributed by atoms with Crippen LogP contribution in [-0.4, -0.2) is 18.2 Å². The number of hydrogen-bond donors (Lipinski definition) is 0. The normalized spacial score (nSPS) is 10.6. The maximum absolute atomic E-state index is 13.0. The molecule has 3 nitrogen and oxygen atoms in total. The van der Waals surface area contributed by atoms with E-state index in [0.29, 0.717) is 18.7 Å². The third kappa shape index (κ3) is 5.14. The van der Waals surface area contributed by atoms with E-state index in [9.17, 15) is 4.79 Å². The van der Waals surface area contributed by atoms with Crippen molar-refractivity contribution >= 4 is 23.4 Å². The minimum absolute atomic E-state index is 0.0400. The van der Waals surface area contributed by atoms with Gasteiger partial charge in [-0.15, -0.1) is 11.8 Å². The summed E-state index contributed by atoms with van der Waals surface area (Å²) >= 11 is 1.60. The molecule has 0 spiro atoms. The van der Waals surface area contributed by atoms with Crippen molar-refractivity contribution in [3.8, 4) is 6.07 Å². The maximum atomic E-state index is 13.0. The summed E-state index contributed by atoms with van der Waals surface area (Å²) in [5.74, 6) is 0.404. The first-order valence-electron chi connectivity index (χ1n) is 9.20. The van der Waals surface area contributed by atoms with Crippen molar-refractivity contribution in [1.82, 2.24) is 0 Å². The number of carbonyl (C=O) groups excluding carboxylic acids is 1. The first-order valence-corrected chi connectivity index (χ1v) is 10.2. The molecule has 2 rings (SSSR count). The largest absolute Gasteiger partial charge is 0.311 e. The fourth-order valence-corrected chi connectivity index (χ4v) is 4.45. The van der Waals surface area contributed by atoms with Crippen LogP contribution in [-0.2, 0) is 4.79 Å². The Hall–Kier alpha value is -2.25. The third-order valence-corrected chi connectivity index (χ3v) is 6.20. The van der Waals surface area contributed by atoms with E-state index in [1.807, 2.05) is 26.0 Å². The van der Waals surface area contributed by atoms with Crippen molar-refractivity contribution < 1.29 is 4.79 Å². The maximum Gasteiger partial charge on any atom is 0.237 e. The van der Waals surface area contributed by atoms with Gasteiger partial charge in [0, 0.05) is 17.1 Å². The standard InChI is InChI=1S/C23H28N2OS/c1-15-10-16(2)12-21(11-15)25(9-7-8-24)22(26)14-27-23-19(5)17(3)13-18(4)20(23)6/h10-13H,7,9,14H2,1-6H3. The van der Waals surface area contributed by atoms with Gasteiger partial charge in [-0.25, -0.2) is 0 Å². The minimum Gasteiger partial charge on any atom is -0.311 e. The molecule has 27 heavy (non-hydrogen) atoms. The highest BCUT2D eigenvalue weighted by molar-refractivity contribution is 8.00. The number of thioether (sulfide) groups is 1. The van der Waals surface area contributed by atoms with Crippen LogP contribution in [0.5, 0.6) is 0 Å². The van der Waals surface area contributed by atoms with Crippen LogP contribution in [0.25, 0.3) is 0 Å². The lowest BCUT2D eigenvalue weighted by Gasteiger charge is -2.23. The second-order valence-electron chi connectivity index (χ2n) is 7.18. The molecule has 0 radical (unpaired) electrons. The van der Waals surface area contributed by atoms with E-state index in [-0.39, 0.29) is 5.91 Å². The fourth-order valence-electron chi connectivity index (χ4n) is 3.28. The van der Waals surface area contributed by atoms with E-state index in [4.69, 9.17) is 5.26 Å². The van der Waals surface area contributed by atoms with E-state index in [0.717, 1.165) is 16.8 Å². The van der Waals surface area contributed by atoms with Crippen LogP contribution < -0.4 is 4.90 Å². The molecule has 2 aromatic rings. The Morgan fingerprint density at radius 2 is 1.52 bits per heavy atom. The Morgan fingerprint density at radius 1 is 0.963 bits per heavy atom. The molecular weight excluding hydrogens is 352 g/mol. The number of hydrogen-bond acceptors (Lipinski definition) is 3. The molecule has 2 aromatic carbocycles. The molecule has 4 heteroatoms. The van der Waals surface area contributed by atoms with Crippen LogP contribution in [0.3, 0.4) is 0 Å². The zero-order valence-corrected chi connectivity index (χ0v) is 18.0. The second kappa shape index (κ2) is 9.10. The predicted octanol–water partition coefficient (Wildman–Crippen LogP) is 5.58. The second-order valence-corrected chi connectivity index (χ2v) is 8.16. The first kappa shape index (κ1) is 21.1. The van der Waals surface area contributed by atoms with E-state index in [1.54, 1.807) is 16.7 Å². The average molecular weight is 381 g/mol. The fraction of sp³-hybridized carbons (Fsp3) is 0.391. The Morgan fingerprint density at radius 3 is 2.04 bits per heavy atom. The van der Waals surface area contributed by atoms with Crippen LogP contribution in [0.4, 0.5) is 5.69 Å². The van der Waals surface area contributed by atoms with Gasteiger partial charge in [0.25, 0.3) is 0 Å². The van der Waals surface area contributed by atoms with E-state index in [1.165, 1.54) is 27.1 Å². The molecule has 0 unspecified atom stereocenters. The topological polar surface area (TPSA) is 44.1 Å². The monoisotopic (exact) mass is 380 g/mol. The number of rotatable bonds is 6. The number of nitrogens with zero attached hydrogens (tertiary/aromatic N) is 2. The molecule has 0 aromatic heterocycles. The van der Waals surface area contributed by atoms with Crippen molar-refractivity contribution in [3.05, 3.63) is 57.6 Å². The number of aryl methyl sites for hydroxylation is 4. The molecule has 0 heterocycles. The van der Waals surface area contributed by atoms with Crippen molar-refractivity contribution in [2.75, 3.05) is 17.2 Å². The van der Waals surface area contributed by atoms with Crippen LogP contribution in [0, 0.1) is 52.9 Å². The van der Waals surface area contributed by atoms with Gasteiger partial charge in [0.2, 0.25) is 5.91 Å². The third-order valence-electron chi connectivity index (χ3n) is 4.90. The zero-order chi connectivity index (χ0) is 20.1. The van der Waals surface area contributed by atoms with Gasteiger partial charge in [-0.3, -0.25) is 4.79 Å². The highest BCUT2D eigenvalue weighted by Gasteiger charge is 2.18. The van der Waals surface area contributed by atoms with Crippen molar-refractivity contribution in [3.63, 3.8) is 0 Å². The lowest BCUT2D eigenvalue weighted by molar-refractivity contribution is -0.116. The molecule has 0 saturated carbocycles. The minimum atomic E-state index is 0.0400. The molecule has 0 atom stereocenters. The van der Waals surface area contributed by atoms with Gasteiger partial charge in [0.15, 0.2) is 0 Å². The Labute approximate surface area is 167 Å². The van der Waals surface area contributed by atoms with Crippen LogP contribution in [0.1, 0.15) is 39.8 Å². The van der Waals surface area contributed by atoms with Gasteiger partial charge in [0.1, 0.15) is 0 Å². The van der Waals surface area contributed by atoms with Crippen molar-refractivity contribution in [2.24, 2.45) is 0 Å². The number of nitriles is 1. The van der Waals surface area contributed by atoms with Gasteiger partial charge in [0.05, 0.1) is 18.2 Å².